The molecule has 0 saturated carbocycles. The van der Waals surface area contributed by atoms with Gasteiger partial charge in [-0.05, 0) is 30.7 Å². The van der Waals surface area contributed by atoms with E-state index in [0.29, 0.717) is 36.0 Å². The molecule has 1 aliphatic heterocycles. The Kier molecular flexibility index (Phi) is 6.76. The number of para-hydroxylation sites is 1. The summed E-state index contributed by atoms with van der Waals surface area (Å²) in [5.74, 6) is 0.152. The van der Waals surface area contributed by atoms with E-state index in [1.165, 1.54) is 25.0 Å². The molecule has 0 bridgehead atoms. The first-order chi connectivity index (χ1) is 17.9. The summed E-state index contributed by atoms with van der Waals surface area (Å²) in [5, 5.41) is 7.22. The molecule has 2 atom stereocenters. The Morgan fingerprint density at radius 3 is 2.46 bits per heavy atom. The van der Waals surface area contributed by atoms with Gasteiger partial charge in [-0.2, -0.15) is 0 Å². The fourth-order valence-electron chi connectivity index (χ4n) is 4.21. The molecule has 3 aromatic heterocycles. The van der Waals surface area contributed by atoms with Gasteiger partial charge in [0, 0.05) is 12.5 Å². The molecule has 37 heavy (non-hydrogen) atoms. The number of nitrogens with one attached hydrogen (secondary N) is 1. The van der Waals surface area contributed by atoms with Crippen molar-refractivity contribution in [3.8, 4) is 28.8 Å². The highest BCUT2D eigenvalue weighted by atomic mass is 32.2. The van der Waals surface area contributed by atoms with Crippen LogP contribution in [0, 0.1) is 5.82 Å². The van der Waals surface area contributed by atoms with E-state index in [0.717, 1.165) is 12.4 Å². The second-order valence-corrected chi connectivity index (χ2v) is 9.99. The standard InChI is InChI=1S/C23H23FN6O6S/c1-33-16-5-3-6-17(34-2)20(16)30-22(18-7-4-9-36-18)27-28-23(30)29-37(31,32)19-13-35-10-8-15(19)21-25-11-14(24)12-26-21/h3-7,9,11-12,15,19H,8,10,13H2,1-2H3,(H,28,29). The number of benzene rings is 1. The van der Waals surface area contributed by atoms with Gasteiger partial charge < -0.3 is 18.6 Å². The molecule has 0 spiro atoms. The Bertz CT molecular complexity index is 1450. The number of hydrogen-bond donors (Lipinski definition) is 1. The Balaban J connectivity index is 1.60. The largest absolute Gasteiger partial charge is 0.494 e. The lowest BCUT2D eigenvalue weighted by atomic mass is 9.99. The summed E-state index contributed by atoms with van der Waals surface area (Å²) < 4.78 is 66.9. The number of ether oxygens (including phenoxy) is 3. The number of halogens is 1. The van der Waals surface area contributed by atoms with Crippen LogP contribution in [0.2, 0.25) is 0 Å². The number of furan rings is 1. The normalized spacial score (nSPS) is 17.9. The van der Waals surface area contributed by atoms with E-state index in [-0.39, 0.29) is 24.2 Å². The minimum atomic E-state index is -4.15. The van der Waals surface area contributed by atoms with E-state index in [4.69, 9.17) is 18.6 Å². The van der Waals surface area contributed by atoms with Gasteiger partial charge in [-0.15, -0.1) is 10.2 Å². The average molecular weight is 531 g/mol. The second-order valence-electron chi connectivity index (χ2n) is 8.09. The van der Waals surface area contributed by atoms with Crippen LogP contribution in [0.25, 0.3) is 17.3 Å². The van der Waals surface area contributed by atoms with E-state index < -0.39 is 27.0 Å². The summed E-state index contributed by atoms with van der Waals surface area (Å²) >= 11 is 0. The molecule has 2 unspecified atom stereocenters. The molecule has 4 heterocycles. The molecule has 1 N–H and O–H groups in total. The van der Waals surface area contributed by atoms with Gasteiger partial charge in [-0.25, -0.2) is 22.8 Å². The number of anilines is 1. The van der Waals surface area contributed by atoms with Crippen LogP contribution in [0.1, 0.15) is 18.2 Å². The van der Waals surface area contributed by atoms with Gasteiger partial charge in [-0.1, -0.05) is 6.07 Å². The first-order valence-corrected chi connectivity index (χ1v) is 12.7. The van der Waals surface area contributed by atoms with Crippen molar-refractivity contribution >= 4 is 16.0 Å². The van der Waals surface area contributed by atoms with Crippen molar-refractivity contribution in [2.45, 2.75) is 17.6 Å². The first kappa shape index (κ1) is 24.6. The van der Waals surface area contributed by atoms with E-state index in [1.807, 2.05) is 0 Å². The van der Waals surface area contributed by atoms with Crippen LogP contribution in [0.15, 0.2) is 53.4 Å². The monoisotopic (exact) mass is 530 g/mol. The first-order valence-electron chi connectivity index (χ1n) is 11.2. The van der Waals surface area contributed by atoms with Crippen LogP contribution in [0.5, 0.6) is 11.5 Å². The number of rotatable bonds is 8. The van der Waals surface area contributed by atoms with Gasteiger partial charge in [0.2, 0.25) is 21.8 Å². The third-order valence-electron chi connectivity index (χ3n) is 5.94. The SMILES string of the molecule is COc1cccc(OC)c1-n1c(NS(=O)(=O)C2COCCC2c2ncc(F)cn2)nnc1-c1ccco1. The zero-order chi connectivity index (χ0) is 26.0. The maximum Gasteiger partial charge on any atom is 0.243 e. The van der Waals surface area contributed by atoms with Crippen LogP contribution < -0.4 is 14.2 Å². The highest BCUT2D eigenvalue weighted by Gasteiger charge is 2.40. The van der Waals surface area contributed by atoms with Crippen LogP contribution >= 0.6 is 0 Å². The molecule has 1 fully saturated rings. The average Bonchev–Trinajstić information content (AvgIpc) is 3.58. The second kappa shape index (κ2) is 10.1. The minimum absolute atomic E-state index is 0.113. The smallest absolute Gasteiger partial charge is 0.243 e. The highest BCUT2D eigenvalue weighted by Crippen LogP contribution is 2.38. The van der Waals surface area contributed by atoms with E-state index in [2.05, 4.69) is 24.9 Å². The molecule has 194 valence electrons. The number of sulfonamides is 1. The van der Waals surface area contributed by atoms with Crippen molar-refractivity contribution < 1.29 is 31.4 Å². The molecule has 1 aliphatic rings. The van der Waals surface area contributed by atoms with E-state index in [1.54, 1.807) is 30.3 Å². The Hall–Kier alpha value is -4.04. The summed E-state index contributed by atoms with van der Waals surface area (Å²) in [6.45, 7) is 0.201. The summed E-state index contributed by atoms with van der Waals surface area (Å²) in [6.07, 6.45) is 3.82. The van der Waals surface area contributed by atoms with Crippen LogP contribution in [-0.2, 0) is 14.8 Å². The summed E-state index contributed by atoms with van der Waals surface area (Å²) in [5.41, 5.74) is 0.361. The van der Waals surface area contributed by atoms with Gasteiger partial charge in [0.1, 0.15) is 28.3 Å². The Labute approximate surface area is 211 Å². The third kappa shape index (κ3) is 4.72. The molecule has 1 saturated heterocycles. The molecule has 5 rings (SSSR count). The summed E-state index contributed by atoms with van der Waals surface area (Å²) in [4.78, 5) is 8.02. The topological polar surface area (TPSA) is 143 Å². The zero-order valence-electron chi connectivity index (χ0n) is 19.9. The molecular formula is C23H23FN6O6S. The maximum atomic E-state index is 13.7. The van der Waals surface area contributed by atoms with Crippen LogP contribution in [-0.4, -0.2) is 65.8 Å². The fraction of sp³-hybridized carbons (Fsp3) is 0.304. The number of nitrogens with zero attached hydrogens (tertiary/aromatic N) is 5. The molecule has 4 aromatic rings. The Morgan fingerprint density at radius 2 is 1.81 bits per heavy atom. The van der Waals surface area contributed by atoms with Gasteiger partial charge in [-0.3, -0.25) is 9.29 Å². The van der Waals surface area contributed by atoms with Gasteiger partial charge >= 0.3 is 0 Å². The van der Waals surface area contributed by atoms with Crippen molar-refractivity contribution in [1.82, 2.24) is 24.7 Å². The molecule has 12 nitrogen and oxygen atoms in total. The predicted molar refractivity (Wildman–Crippen MR) is 129 cm³/mol. The predicted octanol–water partition coefficient (Wildman–Crippen LogP) is 2.79. The van der Waals surface area contributed by atoms with Gasteiger partial charge in [0.25, 0.3) is 0 Å². The molecule has 0 amide bonds. The van der Waals surface area contributed by atoms with Crippen molar-refractivity contribution in [2.24, 2.45) is 0 Å². The molecule has 14 heteroatoms. The minimum Gasteiger partial charge on any atom is -0.494 e. The van der Waals surface area contributed by atoms with Crippen LogP contribution in [0.3, 0.4) is 0 Å². The van der Waals surface area contributed by atoms with Crippen molar-refractivity contribution in [1.29, 1.82) is 0 Å². The van der Waals surface area contributed by atoms with Crippen molar-refractivity contribution in [2.75, 3.05) is 32.2 Å². The fourth-order valence-corrected chi connectivity index (χ4v) is 5.71. The lowest BCUT2D eigenvalue weighted by Crippen LogP contribution is -2.41. The number of methoxy groups -OCH3 is 2. The van der Waals surface area contributed by atoms with E-state index in [9.17, 15) is 12.8 Å². The summed E-state index contributed by atoms with van der Waals surface area (Å²) in [7, 11) is -1.20. The number of aromatic nitrogens is 5. The molecule has 0 aliphatic carbocycles. The molecule has 0 radical (unpaired) electrons. The van der Waals surface area contributed by atoms with Gasteiger partial charge in [0.05, 0.1) is 39.5 Å². The summed E-state index contributed by atoms with van der Waals surface area (Å²) in [6, 6.07) is 8.45. The zero-order valence-corrected chi connectivity index (χ0v) is 20.7. The van der Waals surface area contributed by atoms with Crippen LogP contribution in [0.4, 0.5) is 10.3 Å². The molecular weight excluding hydrogens is 507 g/mol. The Morgan fingerprint density at radius 1 is 1.08 bits per heavy atom. The number of hydrogen-bond acceptors (Lipinski definition) is 10. The third-order valence-corrected chi connectivity index (χ3v) is 7.67. The van der Waals surface area contributed by atoms with Gasteiger partial charge in [0.15, 0.2) is 11.6 Å². The quantitative estimate of drug-likeness (QED) is 0.361. The maximum absolute atomic E-state index is 13.7. The lowest BCUT2D eigenvalue weighted by Gasteiger charge is -2.30. The van der Waals surface area contributed by atoms with Crippen molar-refractivity contribution in [3.63, 3.8) is 0 Å². The van der Waals surface area contributed by atoms with Crippen molar-refractivity contribution in [3.05, 3.63) is 60.6 Å². The highest BCUT2D eigenvalue weighted by molar-refractivity contribution is 7.93. The molecule has 1 aromatic carbocycles. The lowest BCUT2D eigenvalue weighted by molar-refractivity contribution is 0.0863. The van der Waals surface area contributed by atoms with E-state index >= 15 is 0 Å².